The van der Waals surface area contributed by atoms with Crippen LogP contribution in [0.4, 0.5) is 23.7 Å². The molecule has 0 radical (unpaired) electrons. The van der Waals surface area contributed by atoms with Crippen LogP contribution < -0.4 is 10.2 Å². The first-order chi connectivity index (χ1) is 13.1. The molecule has 1 unspecified atom stereocenters. The van der Waals surface area contributed by atoms with Gasteiger partial charge in [-0.25, -0.2) is 9.59 Å². The van der Waals surface area contributed by atoms with Gasteiger partial charge in [-0.3, -0.25) is 4.90 Å². The summed E-state index contributed by atoms with van der Waals surface area (Å²) in [7, 11) is 0. The van der Waals surface area contributed by atoms with Crippen molar-refractivity contribution in [2.24, 2.45) is 0 Å². The zero-order valence-electron chi connectivity index (χ0n) is 14.4. The molecular weight excluding hydrogens is 397 g/mol. The maximum absolute atomic E-state index is 13.0. The van der Waals surface area contributed by atoms with E-state index in [-0.39, 0.29) is 17.0 Å². The summed E-state index contributed by atoms with van der Waals surface area (Å²) in [6, 6.07) is 8.68. The van der Waals surface area contributed by atoms with Gasteiger partial charge < -0.3 is 10.4 Å². The summed E-state index contributed by atoms with van der Waals surface area (Å²) >= 11 is 5.85. The lowest BCUT2D eigenvalue weighted by Gasteiger charge is -2.35. The number of amides is 2. The van der Waals surface area contributed by atoms with Crippen molar-refractivity contribution in [3.63, 3.8) is 0 Å². The first kappa shape index (κ1) is 19.8. The zero-order chi connectivity index (χ0) is 20.6. The zero-order valence-corrected chi connectivity index (χ0v) is 15.2. The molecule has 1 aliphatic rings. The van der Waals surface area contributed by atoms with Gasteiger partial charge in [0.05, 0.1) is 22.9 Å². The largest absolute Gasteiger partial charge is 0.478 e. The molecule has 2 N–H and O–H groups in total. The Kier molecular flexibility index (Phi) is 5.08. The second kappa shape index (κ2) is 7.20. The molecule has 2 aromatic rings. The number of nitrogens with one attached hydrogen (secondary N) is 1. The maximum atomic E-state index is 13.0. The highest BCUT2D eigenvalue weighted by Gasteiger charge is 2.37. The van der Waals surface area contributed by atoms with Crippen molar-refractivity contribution < 1.29 is 27.9 Å². The van der Waals surface area contributed by atoms with Crippen LogP contribution >= 0.6 is 11.6 Å². The third-order valence-corrected chi connectivity index (χ3v) is 4.60. The van der Waals surface area contributed by atoms with Crippen LogP contribution in [0, 0.1) is 0 Å². The van der Waals surface area contributed by atoms with Gasteiger partial charge in [-0.05, 0) is 42.8 Å². The number of carboxylic acid groups (broad SMARTS) is 1. The number of hydrogen-bond acceptors (Lipinski definition) is 2. The van der Waals surface area contributed by atoms with Gasteiger partial charge in [0.1, 0.15) is 0 Å². The number of carboxylic acids is 1. The molecule has 0 saturated carbocycles. The molecule has 5 nitrogen and oxygen atoms in total. The third-order valence-electron chi connectivity index (χ3n) is 4.35. The number of carbonyl (C=O) groups excluding carboxylic acids is 1. The molecular formula is C19H14ClF3N2O3. The minimum absolute atomic E-state index is 0.0236. The molecule has 28 heavy (non-hydrogen) atoms. The van der Waals surface area contributed by atoms with Crippen molar-refractivity contribution in [2.75, 3.05) is 4.90 Å². The molecule has 1 aliphatic heterocycles. The van der Waals surface area contributed by atoms with E-state index < -0.39 is 29.8 Å². The first-order valence-corrected chi connectivity index (χ1v) is 8.45. The summed E-state index contributed by atoms with van der Waals surface area (Å²) < 4.78 is 39.0. The molecule has 0 saturated heterocycles. The SMILES string of the molecule is CC1=C(C(=O)O)C(c2ccc(Cl)cc2)NC(=O)N1c1cccc(C(F)(F)F)c1. The van der Waals surface area contributed by atoms with E-state index in [1.54, 1.807) is 24.3 Å². The van der Waals surface area contributed by atoms with Crippen LogP contribution in [0.15, 0.2) is 59.8 Å². The Morgan fingerprint density at radius 2 is 1.82 bits per heavy atom. The quantitative estimate of drug-likeness (QED) is 0.749. The molecule has 146 valence electrons. The van der Waals surface area contributed by atoms with E-state index in [0.29, 0.717) is 10.6 Å². The smallest absolute Gasteiger partial charge is 0.416 e. The Bertz CT molecular complexity index is 971. The number of rotatable bonds is 3. The first-order valence-electron chi connectivity index (χ1n) is 8.07. The maximum Gasteiger partial charge on any atom is 0.416 e. The summed E-state index contributed by atoms with van der Waals surface area (Å²) in [5, 5.41) is 12.7. The second-order valence-electron chi connectivity index (χ2n) is 6.12. The van der Waals surface area contributed by atoms with Gasteiger partial charge in [-0.1, -0.05) is 29.8 Å². The number of aliphatic carboxylic acids is 1. The van der Waals surface area contributed by atoms with Crippen molar-refractivity contribution in [3.8, 4) is 0 Å². The van der Waals surface area contributed by atoms with Crippen LogP contribution in [0.5, 0.6) is 0 Å². The molecule has 0 spiro atoms. The van der Waals surface area contributed by atoms with E-state index in [1.807, 2.05) is 0 Å². The van der Waals surface area contributed by atoms with E-state index in [9.17, 15) is 27.9 Å². The van der Waals surface area contributed by atoms with Gasteiger partial charge in [0.15, 0.2) is 0 Å². The molecule has 0 aliphatic carbocycles. The number of benzene rings is 2. The van der Waals surface area contributed by atoms with Crippen LogP contribution in [0.1, 0.15) is 24.1 Å². The summed E-state index contributed by atoms with van der Waals surface area (Å²) in [6.45, 7) is 1.38. The Morgan fingerprint density at radius 1 is 1.18 bits per heavy atom. The van der Waals surface area contributed by atoms with Gasteiger partial charge in [0, 0.05) is 10.7 Å². The molecule has 2 aromatic carbocycles. The fourth-order valence-corrected chi connectivity index (χ4v) is 3.18. The van der Waals surface area contributed by atoms with E-state index in [1.165, 1.54) is 13.0 Å². The Balaban J connectivity index is 2.11. The predicted molar refractivity (Wildman–Crippen MR) is 97.0 cm³/mol. The number of halogens is 4. The van der Waals surface area contributed by atoms with Crippen LogP contribution in [-0.2, 0) is 11.0 Å². The minimum atomic E-state index is -4.60. The number of anilines is 1. The van der Waals surface area contributed by atoms with Crippen LogP contribution in [0.2, 0.25) is 5.02 Å². The number of nitrogens with zero attached hydrogens (tertiary/aromatic N) is 1. The molecule has 9 heteroatoms. The van der Waals surface area contributed by atoms with E-state index in [2.05, 4.69) is 5.32 Å². The van der Waals surface area contributed by atoms with Gasteiger partial charge >= 0.3 is 18.2 Å². The molecule has 1 atom stereocenters. The Hall–Kier alpha value is -3.00. The number of allylic oxidation sites excluding steroid dienone is 1. The van der Waals surface area contributed by atoms with Gasteiger partial charge in [-0.15, -0.1) is 0 Å². The Morgan fingerprint density at radius 3 is 2.39 bits per heavy atom. The number of alkyl halides is 3. The summed E-state index contributed by atoms with van der Waals surface area (Å²) in [6.07, 6.45) is -4.60. The summed E-state index contributed by atoms with van der Waals surface area (Å²) in [4.78, 5) is 25.5. The lowest BCUT2D eigenvalue weighted by molar-refractivity contribution is -0.137. The average Bonchev–Trinajstić information content (AvgIpc) is 2.61. The van der Waals surface area contributed by atoms with Gasteiger partial charge in [0.2, 0.25) is 0 Å². The highest BCUT2D eigenvalue weighted by atomic mass is 35.5. The standard InChI is InChI=1S/C19H14ClF3N2O3/c1-10-15(17(26)27)16(11-5-7-13(20)8-6-11)24-18(28)25(10)14-4-2-3-12(9-14)19(21,22)23/h2-9,16H,1H3,(H,24,28)(H,26,27). The molecule has 2 amide bonds. The van der Waals surface area contributed by atoms with Crippen molar-refractivity contribution in [1.82, 2.24) is 5.32 Å². The van der Waals surface area contributed by atoms with Crippen LogP contribution in [0.25, 0.3) is 0 Å². The van der Waals surface area contributed by atoms with Gasteiger partial charge in [-0.2, -0.15) is 13.2 Å². The normalized spacial score (nSPS) is 17.5. The number of hydrogen-bond donors (Lipinski definition) is 2. The number of carbonyl (C=O) groups is 2. The highest BCUT2D eigenvalue weighted by Crippen LogP contribution is 2.36. The third kappa shape index (κ3) is 3.68. The minimum Gasteiger partial charge on any atom is -0.478 e. The van der Waals surface area contributed by atoms with E-state index in [0.717, 1.165) is 23.1 Å². The van der Waals surface area contributed by atoms with Crippen molar-refractivity contribution in [3.05, 3.63) is 76.0 Å². The van der Waals surface area contributed by atoms with E-state index in [4.69, 9.17) is 11.6 Å². The van der Waals surface area contributed by atoms with Crippen molar-refractivity contribution in [1.29, 1.82) is 0 Å². The number of urea groups is 1. The van der Waals surface area contributed by atoms with Crippen molar-refractivity contribution in [2.45, 2.75) is 19.1 Å². The highest BCUT2D eigenvalue weighted by molar-refractivity contribution is 6.30. The van der Waals surface area contributed by atoms with Gasteiger partial charge in [0.25, 0.3) is 0 Å². The lowest BCUT2D eigenvalue weighted by atomic mass is 9.94. The molecule has 0 bridgehead atoms. The average molecular weight is 411 g/mol. The van der Waals surface area contributed by atoms with Crippen molar-refractivity contribution >= 4 is 29.3 Å². The molecule has 0 fully saturated rings. The monoisotopic (exact) mass is 410 g/mol. The topological polar surface area (TPSA) is 69.6 Å². The fourth-order valence-electron chi connectivity index (χ4n) is 3.06. The fraction of sp³-hybridized carbons (Fsp3) is 0.158. The van der Waals surface area contributed by atoms with E-state index >= 15 is 0 Å². The second-order valence-corrected chi connectivity index (χ2v) is 6.56. The molecule has 3 rings (SSSR count). The summed E-state index contributed by atoms with van der Waals surface area (Å²) in [5.41, 5.74) is -0.673. The predicted octanol–water partition coefficient (Wildman–Crippen LogP) is 4.99. The Labute approximate surface area is 163 Å². The van der Waals surface area contributed by atoms with Crippen LogP contribution in [-0.4, -0.2) is 17.1 Å². The molecule has 0 aromatic heterocycles. The lowest BCUT2D eigenvalue weighted by Crippen LogP contribution is -2.48. The molecule has 1 heterocycles. The summed E-state index contributed by atoms with van der Waals surface area (Å²) in [5.74, 6) is -1.30. The van der Waals surface area contributed by atoms with Crippen LogP contribution in [0.3, 0.4) is 0 Å².